The van der Waals surface area contributed by atoms with Crippen molar-refractivity contribution in [2.24, 2.45) is 5.92 Å². The van der Waals surface area contributed by atoms with Gasteiger partial charge in [-0.3, -0.25) is 9.59 Å². The Kier molecular flexibility index (Phi) is 4.83. The van der Waals surface area contributed by atoms with E-state index in [1.165, 1.54) is 17.0 Å². The normalized spacial score (nSPS) is 15.1. The van der Waals surface area contributed by atoms with Crippen LogP contribution in [0.1, 0.15) is 44.3 Å². The first-order chi connectivity index (χ1) is 12.4. The largest absolute Gasteiger partial charge is 0.475 e. The monoisotopic (exact) mass is 363 g/mol. The summed E-state index contributed by atoms with van der Waals surface area (Å²) in [6, 6.07) is 5.22. The van der Waals surface area contributed by atoms with Crippen molar-refractivity contribution in [2.45, 2.75) is 12.8 Å². The summed E-state index contributed by atoms with van der Waals surface area (Å²) in [7, 11) is 0. The number of halogens is 2. The van der Waals surface area contributed by atoms with Gasteiger partial charge >= 0.3 is 5.97 Å². The zero-order chi connectivity index (χ0) is 18.8. The summed E-state index contributed by atoms with van der Waals surface area (Å²) in [5.41, 5.74) is -0.285. The molecule has 1 fully saturated rings. The number of furan rings is 1. The molecule has 0 saturated carbocycles. The fourth-order valence-corrected chi connectivity index (χ4v) is 2.97. The minimum atomic E-state index is -1.27. The molecule has 1 aromatic carbocycles. The minimum absolute atomic E-state index is 0.0941. The van der Waals surface area contributed by atoms with Crippen molar-refractivity contribution in [1.29, 1.82) is 0 Å². The lowest BCUT2D eigenvalue weighted by molar-refractivity contribution is 0.0605. The van der Waals surface area contributed by atoms with Crippen molar-refractivity contribution in [3.8, 4) is 0 Å². The molecule has 1 aliphatic heterocycles. The van der Waals surface area contributed by atoms with E-state index in [0.29, 0.717) is 12.8 Å². The van der Waals surface area contributed by atoms with Gasteiger partial charge in [-0.2, -0.15) is 0 Å². The molecule has 26 heavy (non-hydrogen) atoms. The molecule has 6 nitrogen and oxygen atoms in total. The highest BCUT2D eigenvalue weighted by molar-refractivity contribution is 5.98. The third kappa shape index (κ3) is 3.49. The molecule has 1 amide bonds. The number of piperidine rings is 1. The molecule has 0 radical (unpaired) electrons. The molecule has 0 atom stereocenters. The molecule has 1 saturated heterocycles. The van der Waals surface area contributed by atoms with Crippen LogP contribution in [0.4, 0.5) is 8.78 Å². The molecule has 2 heterocycles. The standard InChI is InChI=1S/C18H15F2NO5/c19-11-1-2-13(20)12(9-11)16(22)10-5-7-21(8-6-10)17(23)14-3-4-15(26-14)18(24)25/h1-4,9-10H,5-8H2,(H,24,25). The smallest absolute Gasteiger partial charge is 0.371 e. The van der Waals surface area contributed by atoms with Gasteiger partial charge in [0.15, 0.2) is 11.5 Å². The van der Waals surface area contributed by atoms with E-state index in [2.05, 4.69) is 0 Å². The van der Waals surface area contributed by atoms with E-state index >= 15 is 0 Å². The van der Waals surface area contributed by atoms with Gasteiger partial charge in [0.05, 0.1) is 5.56 Å². The van der Waals surface area contributed by atoms with Crippen LogP contribution in [0.25, 0.3) is 0 Å². The van der Waals surface area contributed by atoms with E-state index in [9.17, 15) is 23.2 Å². The van der Waals surface area contributed by atoms with Crippen molar-refractivity contribution in [2.75, 3.05) is 13.1 Å². The molecule has 0 spiro atoms. The highest BCUT2D eigenvalue weighted by Gasteiger charge is 2.31. The van der Waals surface area contributed by atoms with Crippen LogP contribution in [-0.2, 0) is 0 Å². The summed E-state index contributed by atoms with van der Waals surface area (Å²) in [6.45, 7) is 0.463. The third-order valence-electron chi connectivity index (χ3n) is 4.37. The van der Waals surface area contributed by atoms with Gasteiger partial charge in [0.2, 0.25) is 5.76 Å². The number of carbonyl (C=O) groups is 3. The lowest BCUT2D eigenvalue weighted by Crippen LogP contribution is -2.40. The predicted molar refractivity (Wildman–Crippen MR) is 85.0 cm³/mol. The molecular formula is C18H15F2NO5. The molecule has 0 unspecified atom stereocenters. The van der Waals surface area contributed by atoms with Gasteiger partial charge in [-0.1, -0.05) is 0 Å². The first-order valence-corrected chi connectivity index (χ1v) is 7.98. The Hall–Kier alpha value is -3.03. The van der Waals surface area contributed by atoms with Gasteiger partial charge in [-0.15, -0.1) is 0 Å². The lowest BCUT2D eigenvalue weighted by Gasteiger charge is -2.30. The summed E-state index contributed by atoms with van der Waals surface area (Å²) in [6.07, 6.45) is 0.597. The number of hydrogen-bond acceptors (Lipinski definition) is 4. The Labute approximate surface area is 147 Å². The van der Waals surface area contributed by atoms with E-state index in [1.807, 2.05) is 0 Å². The first kappa shape index (κ1) is 17.8. The fourth-order valence-electron chi connectivity index (χ4n) is 2.97. The maximum atomic E-state index is 13.8. The molecule has 8 heteroatoms. The van der Waals surface area contributed by atoms with Gasteiger partial charge in [-0.25, -0.2) is 13.6 Å². The van der Waals surface area contributed by atoms with E-state index in [1.54, 1.807) is 0 Å². The van der Waals surface area contributed by atoms with E-state index in [4.69, 9.17) is 9.52 Å². The van der Waals surface area contributed by atoms with Crippen LogP contribution in [0.2, 0.25) is 0 Å². The topological polar surface area (TPSA) is 87.8 Å². The van der Waals surface area contributed by atoms with Crippen molar-refractivity contribution in [3.63, 3.8) is 0 Å². The molecule has 1 aromatic heterocycles. The fraction of sp³-hybridized carbons (Fsp3) is 0.278. The number of carboxylic acids is 1. The quantitative estimate of drug-likeness (QED) is 0.844. The van der Waals surface area contributed by atoms with E-state index < -0.39 is 35.2 Å². The van der Waals surface area contributed by atoms with Crippen LogP contribution in [0, 0.1) is 17.6 Å². The lowest BCUT2D eigenvalue weighted by atomic mass is 9.88. The molecule has 3 rings (SSSR count). The van der Waals surface area contributed by atoms with Gasteiger partial charge in [-0.05, 0) is 43.2 Å². The average Bonchev–Trinajstić information content (AvgIpc) is 3.13. The number of amides is 1. The second-order valence-corrected chi connectivity index (χ2v) is 6.02. The number of likely N-dealkylation sites (tertiary alicyclic amines) is 1. The average molecular weight is 363 g/mol. The van der Waals surface area contributed by atoms with E-state index in [0.717, 1.165) is 18.2 Å². The molecule has 0 bridgehead atoms. The number of carboxylic acid groups (broad SMARTS) is 1. The Morgan fingerprint density at radius 3 is 2.31 bits per heavy atom. The second-order valence-electron chi connectivity index (χ2n) is 6.02. The van der Waals surface area contributed by atoms with Crippen LogP contribution in [0.5, 0.6) is 0 Å². The van der Waals surface area contributed by atoms with E-state index in [-0.39, 0.29) is 30.2 Å². The number of benzene rings is 1. The van der Waals surface area contributed by atoms with Crippen molar-refractivity contribution >= 4 is 17.7 Å². The van der Waals surface area contributed by atoms with Crippen molar-refractivity contribution in [1.82, 2.24) is 4.90 Å². The molecule has 1 aliphatic rings. The number of ketones is 1. The number of Topliss-reactive ketones (excluding diaryl/α,β-unsaturated/α-hetero) is 1. The summed E-state index contributed by atoms with van der Waals surface area (Å²) in [4.78, 5) is 37.0. The Morgan fingerprint density at radius 1 is 1.04 bits per heavy atom. The maximum Gasteiger partial charge on any atom is 0.371 e. The van der Waals surface area contributed by atoms with Crippen LogP contribution in [-0.4, -0.2) is 40.8 Å². The molecule has 136 valence electrons. The van der Waals surface area contributed by atoms with Gasteiger partial charge in [0.1, 0.15) is 11.6 Å². The molecule has 0 aliphatic carbocycles. The Morgan fingerprint density at radius 2 is 1.69 bits per heavy atom. The minimum Gasteiger partial charge on any atom is -0.475 e. The summed E-state index contributed by atoms with van der Waals surface area (Å²) < 4.78 is 32.0. The number of carbonyl (C=O) groups excluding carboxylic acids is 2. The molecule has 1 N–H and O–H groups in total. The van der Waals surface area contributed by atoms with Crippen molar-refractivity contribution < 1.29 is 32.7 Å². The predicted octanol–water partition coefficient (Wildman–Crippen LogP) is 2.99. The van der Waals surface area contributed by atoms with Gasteiger partial charge in [0.25, 0.3) is 5.91 Å². The number of nitrogens with zero attached hydrogens (tertiary/aromatic N) is 1. The Balaban J connectivity index is 1.65. The summed E-state index contributed by atoms with van der Waals surface area (Å²) >= 11 is 0. The molecular weight excluding hydrogens is 348 g/mol. The Bertz CT molecular complexity index is 868. The SMILES string of the molecule is O=C(O)c1ccc(C(=O)N2CCC(C(=O)c3cc(F)ccc3F)CC2)o1. The first-order valence-electron chi connectivity index (χ1n) is 7.98. The maximum absolute atomic E-state index is 13.8. The van der Waals surface area contributed by atoms with Crippen LogP contribution >= 0.6 is 0 Å². The zero-order valence-electron chi connectivity index (χ0n) is 13.6. The van der Waals surface area contributed by atoms with Gasteiger partial charge in [0, 0.05) is 19.0 Å². The number of hydrogen-bond donors (Lipinski definition) is 1. The molecule has 2 aromatic rings. The van der Waals surface area contributed by atoms with Gasteiger partial charge < -0.3 is 14.4 Å². The summed E-state index contributed by atoms with van der Waals surface area (Å²) in [5, 5.41) is 8.82. The third-order valence-corrected chi connectivity index (χ3v) is 4.37. The highest BCUT2D eigenvalue weighted by atomic mass is 19.1. The second kappa shape index (κ2) is 7.07. The highest BCUT2D eigenvalue weighted by Crippen LogP contribution is 2.25. The van der Waals surface area contributed by atoms with Crippen molar-refractivity contribution in [3.05, 3.63) is 59.1 Å². The zero-order valence-corrected chi connectivity index (χ0v) is 13.6. The van der Waals surface area contributed by atoms with Crippen LogP contribution < -0.4 is 0 Å². The van der Waals surface area contributed by atoms with Crippen LogP contribution in [0.15, 0.2) is 34.7 Å². The van der Waals surface area contributed by atoms with Crippen LogP contribution in [0.3, 0.4) is 0 Å². The number of aromatic carboxylic acids is 1. The summed E-state index contributed by atoms with van der Waals surface area (Å²) in [5.74, 6) is -4.63. The number of rotatable bonds is 4.